The minimum atomic E-state index is 0.0520. The second-order valence-electron chi connectivity index (χ2n) is 9.36. The second kappa shape index (κ2) is 9.70. The minimum Gasteiger partial charge on any atom is -0.378 e. The summed E-state index contributed by atoms with van der Waals surface area (Å²) in [6.07, 6.45) is 8.64. The predicted molar refractivity (Wildman–Crippen MR) is 135 cm³/mol. The van der Waals surface area contributed by atoms with Crippen molar-refractivity contribution in [3.05, 3.63) is 69.8 Å². The van der Waals surface area contributed by atoms with Gasteiger partial charge in [-0.25, -0.2) is 4.98 Å². The Bertz CT molecular complexity index is 1160. The molecular formula is C27H34N4O. The number of hydrogen-bond donors (Lipinski definition) is 1. The Morgan fingerprint density at radius 1 is 1.09 bits per heavy atom. The van der Waals surface area contributed by atoms with Gasteiger partial charge in [0.1, 0.15) is 5.82 Å². The maximum Gasteiger partial charge on any atom is 0.261 e. The molecule has 1 heterocycles. The standard InChI is InChI=1S/C27H34N4O/c1-19-7-13-25-24(15-19)27(32)31(18-22-6-4-5-21(16-22)17-28)26(29-25)14-10-20-8-11-23(12-9-20)30(2)3/h7-15,21-22H,4-6,16-18,28H2,1-3H3/b14-10+. The van der Waals surface area contributed by atoms with E-state index in [1.165, 1.54) is 12.8 Å². The Morgan fingerprint density at radius 2 is 1.84 bits per heavy atom. The summed E-state index contributed by atoms with van der Waals surface area (Å²) in [4.78, 5) is 20.5. The molecule has 1 fully saturated rings. The monoisotopic (exact) mass is 430 g/mol. The number of fused-ring (bicyclic) bond motifs is 1. The van der Waals surface area contributed by atoms with E-state index in [2.05, 4.69) is 29.2 Å². The molecular weight excluding hydrogens is 396 g/mol. The van der Waals surface area contributed by atoms with Crippen LogP contribution in [0, 0.1) is 18.8 Å². The summed E-state index contributed by atoms with van der Waals surface area (Å²) in [6, 6.07) is 14.3. The molecule has 0 bridgehead atoms. The zero-order chi connectivity index (χ0) is 22.7. The van der Waals surface area contributed by atoms with Gasteiger partial charge in [-0.3, -0.25) is 9.36 Å². The van der Waals surface area contributed by atoms with Crippen molar-refractivity contribution in [1.29, 1.82) is 0 Å². The van der Waals surface area contributed by atoms with E-state index >= 15 is 0 Å². The van der Waals surface area contributed by atoms with Gasteiger partial charge >= 0.3 is 0 Å². The van der Waals surface area contributed by atoms with Crippen LogP contribution in [0.4, 0.5) is 5.69 Å². The minimum absolute atomic E-state index is 0.0520. The van der Waals surface area contributed by atoms with Gasteiger partial charge in [-0.05, 0) is 80.5 Å². The molecule has 1 aliphatic rings. The van der Waals surface area contributed by atoms with Gasteiger partial charge in [-0.2, -0.15) is 0 Å². The SMILES string of the molecule is Cc1ccc2nc(/C=C/c3ccc(N(C)C)cc3)n(CC3CCCC(CN)C3)c(=O)c2c1. The van der Waals surface area contributed by atoms with Crippen molar-refractivity contribution >= 4 is 28.7 Å². The third-order valence-electron chi connectivity index (χ3n) is 6.64. The van der Waals surface area contributed by atoms with Crippen LogP contribution in [-0.2, 0) is 6.54 Å². The first-order valence-corrected chi connectivity index (χ1v) is 11.6. The number of aromatic nitrogens is 2. The number of aryl methyl sites for hydroxylation is 1. The quantitative estimate of drug-likeness (QED) is 0.615. The molecule has 0 saturated heterocycles. The number of anilines is 1. The second-order valence-corrected chi connectivity index (χ2v) is 9.36. The van der Waals surface area contributed by atoms with E-state index in [0.717, 1.165) is 47.5 Å². The van der Waals surface area contributed by atoms with Crippen molar-refractivity contribution in [2.75, 3.05) is 25.5 Å². The van der Waals surface area contributed by atoms with Crippen LogP contribution in [0.1, 0.15) is 42.6 Å². The fraction of sp³-hybridized carbons (Fsp3) is 0.407. The molecule has 2 unspecified atom stereocenters. The highest BCUT2D eigenvalue weighted by atomic mass is 16.1. The van der Waals surface area contributed by atoms with Crippen LogP contribution in [0.25, 0.3) is 23.1 Å². The summed E-state index contributed by atoms with van der Waals surface area (Å²) in [5.74, 6) is 1.75. The van der Waals surface area contributed by atoms with E-state index in [1.54, 1.807) is 0 Å². The zero-order valence-corrected chi connectivity index (χ0v) is 19.4. The lowest BCUT2D eigenvalue weighted by molar-refractivity contribution is 0.245. The molecule has 5 nitrogen and oxygen atoms in total. The third kappa shape index (κ3) is 4.94. The van der Waals surface area contributed by atoms with Crippen molar-refractivity contribution < 1.29 is 0 Å². The van der Waals surface area contributed by atoms with Gasteiger partial charge in [0.15, 0.2) is 0 Å². The number of nitrogens with two attached hydrogens (primary N) is 1. The van der Waals surface area contributed by atoms with Gasteiger partial charge in [-0.15, -0.1) is 0 Å². The van der Waals surface area contributed by atoms with Crippen LogP contribution >= 0.6 is 0 Å². The number of nitrogens with zero attached hydrogens (tertiary/aromatic N) is 3. The average molecular weight is 431 g/mol. The van der Waals surface area contributed by atoms with Gasteiger partial charge in [0, 0.05) is 26.3 Å². The van der Waals surface area contributed by atoms with Crippen molar-refractivity contribution in [2.24, 2.45) is 17.6 Å². The summed E-state index contributed by atoms with van der Waals surface area (Å²) < 4.78 is 1.88. The Hall–Kier alpha value is -2.92. The van der Waals surface area contributed by atoms with Crippen molar-refractivity contribution in [3.8, 4) is 0 Å². The van der Waals surface area contributed by atoms with Crippen LogP contribution in [-0.4, -0.2) is 30.2 Å². The molecule has 1 aliphatic carbocycles. The molecule has 0 radical (unpaired) electrons. The van der Waals surface area contributed by atoms with Crippen molar-refractivity contribution in [3.63, 3.8) is 0 Å². The molecule has 0 aliphatic heterocycles. The average Bonchev–Trinajstić information content (AvgIpc) is 2.80. The van der Waals surface area contributed by atoms with Gasteiger partial charge in [-0.1, -0.05) is 36.3 Å². The van der Waals surface area contributed by atoms with E-state index in [0.29, 0.717) is 23.8 Å². The van der Waals surface area contributed by atoms with E-state index < -0.39 is 0 Å². The zero-order valence-electron chi connectivity index (χ0n) is 19.4. The van der Waals surface area contributed by atoms with E-state index in [9.17, 15) is 4.79 Å². The number of rotatable bonds is 6. The first kappa shape index (κ1) is 22.3. The summed E-state index contributed by atoms with van der Waals surface area (Å²) in [7, 11) is 4.06. The number of hydrogen-bond acceptors (Lipinski definition) is 4. The first-order valence-electron chi connectivity index (χ1n) is 11.6. The molecule has 3 aromatic rings. The van der Waals surface area contributed by atoms with Gasteiger partial charge in [0.25, 0.3) is 5.56 Å². The topological polar surface area (TPSA) is 64.2 Å². The van der Waals surface area contributed by atoms with E-state index in [4.69, 9.17) is 10.7 Å². The lowest BCUT2D eigenvalue weighted by Crippen LogP contribution is -2.31. The molecule has 2 aromatic carbocycles. The van der Waals surface area contributed by atoms with Gasteiger partial charge < -0.3 is 10.6 Å². The highest BCUT2D eigenvalue weighted by Gasteiger charge is 2.23. The van der Waals surface area contributed by atoms with Crippen molar-refractivity contribution in [2.45, 2.75) is 39.2 Å². The van der Waals surface area contributed by atoms with E-state index in [-0.39, 0.29) is 5.56 Å². The summed E-state index contributed by atoms with van der Waals surface area (Å²) in [5.41, 5.74) is 10.1. The fourth-order valence-corrected chi connectivity index (χ4v) is 4.75. The van der Waals surface area contributed by atoms with E-state index in [1.807, 2.05) is 55.9 Å². The largest absolute Gasteiger partial charge is 0.378 e. The molecule has 32 heavy (non-hydrogen) atoms. The van der Waals surface area contributed by atoms with Crippen LogP contribution in [0.15, 0.2) is 47.3 Å². The molecule has 2 N–H and O–H groups in total. The highest BCUT2D eigenvalue weighted by molar-refractivity contribution is 5.80. The van der Waals surface area contributed by atoms with Crippen LogP contribution in [0.5, 0.6) is 0 Å². The molecule has 2 atom stereocenters. The summed E-state index contributed by atoms with van der Waals surface area (Å²) in [6.45, 7) is 3.45. The van der Waals surface area contributed by atoms with Crippen LogP contribution in [0.2, 0.25) is 0 Å². The van der Waals surface area contributed by atoms with Gasteiger partial charge in [0.05, 0.1) is 10.9 Å². The van der Waals surface area contributed by atoms with Crippen LogP contribution in [0.3, 0.4) is 0 Å². The maximum atomic E-state index is 13.5. The molecule has 0 spiro atoms. The number of benzene rings is 2. The summed E-state index contributed by atoms with van der Waals surface area (Å²) >= 11 is 0. The fourth-order valence-electron chi connectivity index (χ4n) is 4.75. The van der Waals surface area contributed by atoms with Crippen molar-refractivity contribution in [1.82, 2.24) is 9.55 Å². The molecule has 168 valence electrons. The highest BCUT2D eigenvalue weighted by Crippen LogP contribution is 2.29. The summed E-state index contributed by atoms with van der Waals surface area (Å²) in [5, 5.41) is 0.698. The molecule has 4 rings (SSSR count). The predicted octanol–water partition coefficient (Wildman–Crippen LogP) is 4.71. The Labute approximate surface area is 190 Å². The molecule has 1 aromatic heterocycles. The third-order valence-corrected chi connectivity index (χ3v) is 6.64. The molecule has 0 amide bonds. The Balaban J connectivity index is 1.71. The lowest BCUT2D eigenvalue weighted by Gasteiger charge is -2.29. The van der Waals surface area contributed by atoms with Gasteiger partial charge in [0.2, 0.25) is 0 Å². The molecule has 5 heteroatoms. The maximum absolute atomic E-state index is 13.5. The lowest BCUT2D eigenvalue weighted by atomic mass is 9.81. The Kier molecular flexibility index (Phi) is 6.75. The normalized spacial score (nSPS) is 19.0. The first-order chi connectivity index (χ1) is 15.4. The molecule has 1 saturated carbocycles. The van der Waals surface area contributed by atoms with Crippen LogP contribution < -0.4 is 16.2 Å². The Morgan fingerprint density at radius 3 is 2.56 bits per heavy atom. The smallest absolute Gasteiger partial charge is 0.261 e.